The Labute approximate surface area is 140 Å². The summed E-state index contributed by atoms with van der Waals surface area (Å²) in [7, 11) is 0. The Kier molecular flexibility index (Phi) is 3.66. The van der Waals surface area contributed by atoms with Crippen molar-refractivity contribution in [2.45, 2.75) is 19.8 Å². The molecule has 2 nitrogen and oxygen atoms in total. The quantitative estimate of drug-likeness (QED) is 0.829. The number of fused-ring (bicyclic) bond motifs is 2. The van der Waals surface area contributed by atoms with E-state index in [9.17, 15) is 9.50 Å². The molecule has 1 aliphatic heterocycles. The zero-order valence-corrected chi connectivity index (χ0v) is 13.5. The average Bonchev–Trinajstić information content (AvgIpc) is 2.86. The molecule has 120 valence electrons. The third-order valence-corrected chi connectivity index (χ3v) is 4.82. The van der Waals surface area contributed by atoms with E-state index in [2.05, 4.69) is 18.0 Å². The number of para-hydroxylation sites is 1. The second-order valence-electron chi connectivity index (χ2n) is 6.15. The van der Waals surface area contributed by atoms with E-state index in [1.54, 1.807) is 6.07 Å². The third kappa shape index (κ3) is 2.24. The Bertz CT molecular complexity index is 921. The highest BCUT2D eigenvalue weighted by Gasteiger charge is 2.27. The lowest BCUT2D eigenvalue weighted by Crippen LogP contribution is -1.98. The zero-order valence-electron chi connectivity index (χ0n) is 13.5. The van der Waals surface area contributed by atoms with E-state index < -0.39 is 0 Å². The summed E-state index contributed by atoms with van der Waals surface area (Å²) in [6.07, 6.45) is 3.23. The maximum atomic E-state index is 13.8. The summed E-state index contributed by atoms with van der Waals surface area (Å²) >= 11 is 0. The van der Waals surface area contributed by atoms with Crippen LogP contribution in [0.5, 0.6) is 0 Å². The summed E-state index contributed by atoms with van der Waals surface area (Å²) in [6.45, 7) is 2.13. The fourth-order valence-electron chi connectivity index (χ4n) is 3.79. The number of benzene rings is 2. The molecule has 1 aliphatic carbocycles. The molecule has 0 saturated carbocycles. The van der Waals surface area contributed by atoms with Crippen molar-refractivity contribution in [3.8, 4) is 0 Å². The van der Waals surface area contributed by atoms with Crippen LogP contribution in [0.2, 0.25) is 0 Å². The van der Waals surface area contributed by atoms with Crippen molar-refractivity contribution in [2.75, 3.05) is 6.61 Å². The maximum absolute atomic E-state index is 13.8. The van der Waals surface area contributed by atoms with Gasteiger partial charge in [-0.3, -0.25) is 4.99 Å². The van der Waals surface area contributed by atoms with Crippen LogP contribution in [0, 0.1) is 5.82 Å². The van der Waals surface area contributed by atoms with Crippen LogP contribution < -0.4 is 0 Å². The van der Waals surface area contributed by atoms with Crippen molar-refractivity contribution < 1.29 is 9.50 Å². The molecule has 0 unspecified atom stereocenters. The van der Waals surface area contributed by atoms with Gasteiger partial charge in [0.25, 0.3) is 0 Å². The molecule has 3 heteroatoms. The monoisotopic (exact) mass is 319 g/mol. The Hall–Kier alpha value is -2.52. The van der Waals surface area contributed by atoms with Gasteiger partial charge < -0.3 is 5.11 Å². The molecular formula is C21H18FNO. The summed E-state index contributed by atoms with van der Waals surface area (Å²) in [5.74, 6) is -0.242. The number of nitrogens with zero attached hydrogens (tertiary/aromatic N) is 1. The molecule has 0 radical (unpaired) electrons. The van der Waals surface area contributed by atoms with E-state index in [-0.39, 0.29) is 12.4 Å². The average molecular weight is 319 g/mol. The smallest absolute Gasteiger partial charge is 0.123 e. The van der Waals surface area contributed by atoms with Gasteiger partial charge in [0.1, 0.15) is 5.82 Å². The van der Waals surface area contributed by atoms with Crippen LogP contribution in [0.3, 0.4) is 0 Å². The molecule has 0 fully saturated rings. The normalized spacial score (nSPS) is 18.8. The number of aliphatic hydroxyl groups excluding tert-OH is 1. The highest BCUT2D eigenvalue weighted by atomic mass is 19.1. The lowest BCUT2D eigenvalue weighted by Gasteiger charge is -2.18. The van der Waals surface area contributed by atoms with Crippen LogP contribution in [-0.4, -0.2) is 17.9 Å². The molecule has 1 heterocycles. The van der Waals surface area contributed by atoms with Gasteiger partial charge in [-0.05, 0) is 65.0 Å². The molecule has 0 amide bonds. The minimum absolute atomic E-state index is 0.0588. The highest BCUT2D eigenvalue weighted by molar-refractivity contribution is 6.12. The van der Waals surface area contributed by atoms with Gasteiger partial charge in [0.15, 0.2) is 0 Å². The summed E-state index contributed by atoms with van der Waals surface area (Å²) in [4.78, 5) is 4.49. The first-order chi connectivity index (χ1) is 11.7. The highest BCUT2D eigenvalue weighted by Crippen LogP contribution is 2.48. The van der Waals surface area contributed by atoms with Crippen molar-refractivity contribution >= 4 is 28.6 Å². The van der Waals surface area contributed by atoms with Crippen LogP contribution in [0.1, 0.15) is 36.5 Å². The second-order valence-corrected chi connectivity index (χ2v) is 6.15. The summed E-state index contributed by atoms with van der Waals surface area (Å²) in [5.41, 5.74) is 8.61. The number of halogens is 1. The summed E-state index contributed by atoms with van der Waals surface area (Å²) < 4.78 is 13.8. The summed E-state index contributed by atoms with van der Waals surface area (Å²) in [5, 5.41) is 9.43. The third-order valence-electron chi connectivity index (χ3n) is 4.82. The van der Waals surface area contributed by atoms with Crippen molar-refractivity contribution in [3.05, 3.63) is 70.5 Å². The predicted octanol–water partition coefficient (Wildman–Crippen LogP) is 5.01. The fraction of sp³-hybridized carbons (Fsp3) is 0.190. The first kappa shape index (κ1) is 15.0. The molecule has 1 N–H and O–H groups in total. The van der Waals surface area contributed by atoms with Crippen LogP contribution in [0.25, 0.3) is 16.7 Å². The number of allylic oxidation sites excluding steroid dienone is 3. The summed E-state index contributed by atoms with van der Waals surface area (Å²) in [6, 6.07) is 13.1. The van der Waals surface area contributed by atoms with Crippen LogP contribution in [0.4, 0.5) is 10.1 Å². The minimum Gasteiger partial charge on any atom is -0.396 e. The second kappa shape index (κ2) is 5.84. The number of rotatable bonds is 2. The molecule has 0 aromatic heterocycles. The van der Waals surface area contributed by atoms with Crippen LogP contribution in [0.15, 0.2) is 53.0 Å². The van der Waals surface area contributed by atoms with Crippen molar-refractivity contribution in [1.29, 1.82) is 0 Å². The van der Waals surface area contributed by atoms with Gasteiger partial charge in [0.05, 0.1) is 5.69 Å². The number of hydrogen-bond acceptors (Lipinski definition) is 2. The van der Waals surface area contributed by atoms with E-state index in [1.165, 1.54) is 11.6 Å². The van der Waals surface area contributed by atoms with Gasteiger partial charge in [-0.25, -0.2) is 4.39 Å². The van der Waals surface area contributed by atoms with Gasteiger partial charge >= 0.3 is 0 Å². The van der Waals surface area contributed by atoms with Crippen molar-refractivity contribution in [3.63, 3.8) is 0 Å². The lowest BCUT2D eigenvalue weighted by molar-refractivity contribution is 0.305. The Morgan fingerprint density at radius 3 is 2.75 bits per heavy atom. The first-order valence-corrected chi connectivity index (χ1v) is 8.17. The molecular weight excluding hydrogens is 301 g/mol. The van der Waals surface area contributed by atoms with Crippen molar-refractivity contribution in [1.82, 2.24) is 0 Å². The Balaban J connectivity index is 2.01. The molecule has 24 heavy (non-hydrogen) atoms. The molecule has 2 aromatic carbocycles. The van der Waals surface area contributed by atoms with E-state index in [4.69, 9.17) is 0 Å². The zero-order chi connectivity index (χ0) is 16.7. The molecule has 0 spiro atoms. The molecule has 0 saturated heterocycles. The van der Waals surface area contributed by atoms with Crippen molar-refractivity contribution in [2.24, 2.45) is 4.99 Å². The van der Waals surface area contributed by atoms with Crippen LogP contribution >= 0.6 is 0 Å². The Morgan fingerprint density at radius 2 is 1.92 bits per heavy atom. The molecule has 4 rings (SSSR count). The lowest BCUT2D eigenvalue weighted by atomic mass is 9.89. The minimum atomic E-state index is -0.242. The SMILES string of the molecule is CC1=C(CCO)c2cc(F)ccc2/C1=C1/CC=Nc2ccccc21. The van der Waals surface area contributed by atoms with E-state index in [1.807, 2.05) is 30.5 Å². The van der Waals surface area contributed by atoms with Gasteiger partial charge in [-0.15, -0.1) is 0 Å². The fourth-order valence-corrected chi connectivity index (χ4v) is 3.79. The largest absolute Gasteiger partial charge is 0.396 e. The molecule has 2 aromatic rings. The molecule has 0 bridgehead atoms. The topological polar surface area (TPSA) is 32.6 Å². The van der Waals surface area contributed by atoms with E-state index in [0.717, 1.165) is 45.5 Å². The predicted molar refractivity (Wildman–Crippen MR) is 96.7 cm³/mol. The Morgan fingerprint density at radius 1 is 1.08 bits per heavy atom. The molecule has 2 aliphatic rings. The van der Waals surface area contributed by atoms with Gasteiger partial charge in [-0.2, -0.15) is 0 Å². The van der Waals surface area contributed by atoms with Crippen LogP contribution in [-0.2, 0) is 0 Å². The molecule has 0 atom stereocenters. The number of hydrogen-bond donors (Lipinski definition) is 1. The van der Waals surface area contributed by atoms with Gasteiger partial charge in [0.2, 0.25) is 0 Å². The van der Waals surface area contributed by atoms with Gasteiger partial charge in [0, 0.05) is 24.8 Å². The van der Waals surface area contributed by atoms with E-state index >= 15 is 0 Å². The maximum Gasteiger partial charge on any atom is 0.123 e. The van der Waals surface area contributed by atoms with Gasteiger partial charge in [-0.1, -0.05) is 24.3 Å². The number of aliphatic imine (C=N–C) groups is 1. The standard InChI is InChI=1S/C21H18FNO/c1-13-15(9-11-24)19-12-14(22)6-7-17(19)21(13)18-8-10-23-20-5-3-2-4-16(18)20/h2-7,10,12,24H,8-9,11H2,1H3/b21-18-. The number of aliphatic hydroxyl groups is 1. The first-order valence-electron chi connectivity index (χ1n) is 8.17. The van der Waals surface area contributed by atoms with E-state index in [0.29, 0.717) is 6.42 Å².